The summed E-state index contributed by atoms with van der Waals surface area (Å²) in [4.78, 5) is 0. The third kappa shape index (κ3) is 11.1. The third-order valence-corrected chi connectivity index (χ3v) is 4.68. The zero-order chi connectivity index (χ0) is 18.2. The summed E-state index contributed by atoms with van der Waals surface area (Å²) in [6, 6.07) is 6.22. The van der Waals surface area contributed by atoms with E-state index in [1.54, 1.807) is 0 Å². The molecule has 1 rings (SSSR count). The first kappa shape index (κ1) is 21.9. The maximum atomic E-state index is 5.98. The molecule has 0 atom stereocenters. The van der Waals surface area contributed by atoms with Crippen LogP contribution in [0.15, 0.2) is 18.2 Å². The highest BCUT2D eigenvalue weighted by Gasteiger charge is 2.03. The zero-order valence-electron chi connectivity index (χ0n) is 16.9. The quantitative estimate of drug-likeness (QED) is 0.288. The van der Waals surface area contributed by atoms with Gasteiger partial charge in [-0.2, -0.15) is 0 Å². The van der Waals surface area contributed by atoms with Crippen LogP contribution in [0.2, 0.25) is 0 Å². The predicted octanol–water partition coefficient (Wildman–Crippen LogP) is 7.47. The van der Waals surface area contributed by atoms with Crippen molar-refractivity contribution in [3.05, 3.63) is 23.8 Å². The van der Waals surface area contributed by atoms with Crippen molar-refractivity contribution in [1.82, 2.24) is 0 Å². The molecular formula is C23H40O2. The van der Waals surface area contributed by atoms with E-state index in [1.807, 2.05) is 0 Å². The third-order valence-electron chi connectivity index (χ3n) is 4.68. The Balaban J connectivity index is 2.19. The molecule has 1 aromatic carbocycles. The van der Waals surface area contributed by atoms with Gasteiger partial charge in [-0.15, -0.1) is 0 Å². The molecule has 0 aliphatic carbocycles. The van der Waals surface area contributed by atoms with Crippen molar-refractivity contribution in [2.75, 3.05) is 13.2 Å². The summed E-state index contributed by atoms with van der Waals surface area (Å²) in [7, 11) is 0. The topological polar surface area (TPSA) is 18.5 Å². The van der Waals surface area contributed by atoms with Crippen molar-refractivity contribution in [3.63, 3.8) is 0 Å². The molecule has 0 unspecified atom stereocenters. The van der Waals surface area contributed by atoms with Crippen LogP contribution >= 0.6 is 0 Å². The summed E-state index contributed by atoms with van der Waals surface area (Å²) < 4.78 is 11.9. The summed E-state index contributed by atoms with van der Waals surface area (Å²) in [5, 5.41) is 0. The number of aryl methyl sites for hydroxylation is 1. The molecule has 0 aliphatic rings. The Bertz CT molecular complexity index is 428. The lowest BCUT2D eigenvalue weighted by Crippen LogP contribution is -2.01. The normalized spacial score (nSPS) is 10.8. The van der Waals surface area contributed by atoms with Gasteiger partial charge in [0.2, 0.25) is 0 Å². The highest BCUT2D eigenvalue weighted by Crippen LogP contribution is 2.25. The summed E-state index contributed by atoms with van der Waals surface area (Å²) in [6.07, 6.45) is 15.5. The van der Waals surface area contributed by atoms with E-state index in [9.17, 15) is 0 Å². The largest absolute Gasteiger partial charge is 0.493 e. The summed E-state index contributed by atoms with van der Waals surface area (Å²) in [5.74, 6) is 1.92. The molecule has 2 nitrogen and oxygen atoms in total. The van der Waals surface area contributed by atoms with Crippen molar-refractivity contribution < 1.29 is 9.47 Å². The maximum Gasteiger partial charge on any atom is 0.125 e. The van der Waals surface area contributed by atoms with Crippen LogP contribution in [0.5, 0.6) is 11.5 Å². The van der Waals surface area contributed by atoms with Crippen LogP contribution in [0.1, 0.15) is 96.5 Å². The van der Waals surface area contributed by atoms with Gasteiger partial charge >= 0.3 is 0 Å². The molecule has 0 N–H and O–H groups in total. The molecule has 2 heteroatoms. The van der Waals surface area contributed by atoms with Crippen LogP contribution in [-0.2, 0) is 0 Å². The van der Waals surface area contributed by atoms with Gasteiger partial charge in [0.1, 0.15) is 11.5 Å². The smallest absolute Gasteiger partial charge is 0.125 e. The molecule has 0 fully saturated rings. The van der Waals surface area contributed by atoms with E-state index in [4.69, 9.17) is 9.47 Å². The Morgan fingerprint density at radius 3 is 1.76 bits per heavy atom. The lowest BCUT2D eigenvalue weighted by Gasteiger charge is -2.12. The molecule has 0 amide bonds. The second kappa shape index (κ2) is 15.1. The maximum absolute atomic E-state index is 5.98. The van der Waals surface area contributed by atoms with E-state index in [0.717, 1.165) is 37.6 Å². The lowest BCUT2D eigenvalue weighted by molar-refractivity contribution is 0.288. The lowest BCUT2D eigenvalue weighted by atomic mass is 10.1. The fourth-order valence-electron chi connectivity index (χ4n) is 2.96. The molecule has 1 aromatic rings. The highest BCUT2D eigenvalue weighted by atomic mass is 16.5. The Morgan fingerprint density at radius 1 is 0.640 bits per heavy atom. The number of hydrogen-bond donors (Lipinski definition) is 0. The zero-order valence-corrected chi connectivity index (χ0v) is 16.9. The Labute approximate surface area is 156 Å². The second-order valence-electron chi connectivity index (χ2n) is 7.16. The van der Waals surface area contributed by atoms with Crippen LogP contribution in [0, 0.1) is 6.92 Å². The molecule has 0 aromatic heterocycles. The number of benzene rings is 1. The van der Waals surface area contributed by atoms with Crippen molar-refractivity contribution in [2.45, 2.75) is 97.8 Å². The Hall–Kier alpha value is -1.18. The molecule has 0 heterocycles. The average molecular weight is 349 g/mol. The molecule has 25 heavy (non-hydrogen) atoms. The minimum absolute atomic E-state index is 0.812. The van der Waals surface area contributed by atoms with Gasteiger partial charge in [0.15, 0.2) is 0 Å². The van der Waals surface area contributed by atoms with Gasteiger partial charge in [0, 0.05) is 6.07 Å². The van der Waals surface area contributed by atoms with Crippen molar-refractivity contribution in [2.24, 2.45) is 0 Å². The Kier molecular flexibility index (Phi) is 13.2. The molecule has 0 spiro atoms. The number of ether oxygens (including phenoxy) is 2. The van der Waals surface area contributed by atoms with Crippen molar-refractivity contribution in [1.29, 1.82) is 0 Å². The molecule has 144 valence electrons. The van der Waals surface area contributed by atoms with E-state index in [0.29, 0.717) is 0 Å². The average Bonchev–Trinajstić information content (AvgIpc) is 2.62. The first-order valence-electron chi connectivity index (χ1n) is 10.6. The van der Waals surface area contributed by atoms with Crippen molar-refractivity contribution >= 4 is 0 Å². The van der Waals surface area contributed by atoms with E-state index in [2.05, 4.69) is 39.0 Å². The summed E-state index contributed by atoms with van der Waals surface area (Å²) >= 11 is 0. The minimum Gasteiger partial charge on any atom is -0.493 e. The first-order valence-corrected chi connectivity index (χ1v) is 10.6. The van der Waals surface area contributed by atoms with Gasteiger partial charge in [-0.1, -0.05) is 84.1 Å². The van der Waals surface area contributed by atoms with Crippen LogP contribution in [0.3, 0.4) is 0 Å². The highest BCUT2D eigenvalue weighted by molar-refractivity contribution is 5.39. The molecule has 0 saturated heterocycles. The van der Waals surface area contributed by atoms with E-state index in [1.165, 1.54) is 69.8 Å². The fourth-order valence-corrected chi connectivity index (χ4v) is 2.96. The van der Waals surface area contributed by atoms with Gasteiger partial charge in [-0.3, -0.25) is 0 Å². The summed E-state index contributed by atoms with van der Waals surface area (Å²) in [5.41, 5.74) is 1.19. The van der Waals surface area contributed by atoms with Gasteiger partial charge in [-0.05, 0) is 31.4 Å². The molecule has 0 bridgehead atoms. The fraction of sp³-hybridized carbons (Fsp3) is 0.739. The van der Waals surface area contributed by atoms with Gasteiger partial charge < -0.3 is 9.47 Å². The Morgan fingerprint density at radius 2 is 1.16 bits per heavy atom. The van der Waals surface area contributed by atoms with E-state index >= 15 is 0 Å². The second-order valence-corrected chi connectivity index (χ2v) is 7.16. The first-order chi connectivity index (χ1) is 12.3. The standard InChI is InChI=1S/C23H40O2/c1-4-6-8-10-12-14-18-24-22-17-16-21(3)23(20-22)25-19-15-13-11-9-7-5-2/h16-17,20H,4-15,18-19H2,1-3H3. The molecule has 0 radical (unpaired) electrons. The molecule has 0 saturated carbocycles. The van der Waals surface area contributed by atoms with Crippen molar-refractivity contribution in [3.8, 4) is 11.5 Å². The monoisotopic (exact) mass is 348 g/mol. The number of rotatable bonds is 16. The van der Waals surface area contributed by atoms with E-state index in [-0.39, 0.29) is 0 Å². The number of hydrogen-bond acceptors (Lipinski definition) is 2. The molecule has 0 aliphatic heterocycles. The van der Waals surface area contributed by atoms with Crippen LogP contribution in [0.25, 0.3) is 0 Å². The summed E-state index contributed by atoms with van der Waals surface area (Å²) in [6.45, 7) is 8.24. The van der Waals surface area contributed by atoms with Gasteiger partial charge in [0.05, 0.1) is 13.2 Å². The van der Waals surface area contributed by atoms with Crippen LogP contribution in [-0.4, -0.2) is 13.2 Å². The van der Waals surface area contributed by atoms with Crippen LogP contribution in [0.4, 0.5) is 0 Å². The SMILES string of the molecule is CCCCCCCCOc1ccc(C)c(OCCCCCCCC)c1. The van der Waals surface area contributed by atoms with Gasteiger partial charge in [-0.25, -0.2) is 0 Å². The van der Waals surface area contributed by atoms with E-state index < -0.39 is 0 Å². The minimum atomic E-state index is 0.812. The van der Waals surface area contributed by atoms with Crippen LogP contribution < -0.4 is 9.47 Å². The number of unbranched alkanes of at least 4 members (excludes halogenated alkanes) is 10. The molecular weight excluding hydrogens is 308 g/mol. The van der Waals surface area contributed by atoms with Gasteiger partial charge in [0.25, 0.3) is 0 Å². The predicted molar refractivity (Wildman–Crippen MR) is 109 cm³/mol.